The molecule has 1 heterocycles. The second-order valence-corrected chi connectivity index (χ2v) is 6.67. The molecule has 26 heavy (non-hydrogen) atoms. The minimum atomic E-state index is 0.254. The van der Waals surface area contributed by atoms with Crippen molar-refractivity contribution in [3.05, 3.63) is 59.6 Å². The molecule has 3 rings (SSSR count). The van der Waals surface area contributed by atoms with Crippen LogP contribution >= 0.6 is 36.4 Å². The van der Waals surface area contributed by atoms with E-state index in [0.717, 1.165) is 5.56 Å². The molecule has 0 bridgehead atoms. The Labute approximate surface area is 167 Å². The maximum absolute atomic E-state index is 6.17. The molecule has 1 aromatic heterocycles. The summed E-state index contributed by atoms with van der Waals surface area (Å²) in [5.41, 5.74) is 2.48. The minimum absolute atomic E-state index is 0.254. The van der Waals surface area contributed by atoms with Gasteiger partial charge in [0.1, 0.15) is 11.4 Å². The number of azo groups is 1. The molecule has 0 N–H and O–H groups in total. The second kappa shape index (κ2) is 8.44. The Morgan fingerprint density at radius 2 is 1.85 bits per heavy atom. The summed E-state index contributed by atoms with van der Waals surface area (Å²) >= 11 is 15.6. The van der Waals surface area contributed by atoms with Gasteiger partial charge in [-0.05, 0) is 19.1 Å². The molecular formula is C18H15ClN4OS2. The number of aromatic nitrogens is 2. The van der Waals surface area contributed by atoms with Gasteiger partial charge in [0.25, 0.3) is 0 Å². The number of thiocarbonyl (C=S) groups is 1. The molecule has 0 atom stereocenters. The third kappa shape index (κ3) is 3.95. The standard InChI is InChI=1S/C18H15ClN4OS2/c1-2-24-17-16(21-20-14-11-7-6-10-13(14)19)15(22-23(17)18(25)26)12-8-4-3-5-9-12/h3-11H,2H2,1H3,(H,25,26). The number of thiol groups is 1. The van der Waals surface area contributed by atoms with E-state index in [2.05, 4.69) is 28.0 Å². The van der Waals surface area contributed by atoms with E-state index in [4.69, 9.17) is 28.6 Å². The molecular weight excluding hydrogens is 388 g/mol. The summed E-state index contributed by atoms with van der Waals surface area (Å²) in [6.07, 6.45) is 0. The minimum Gasteiger partial charge on any atom is -0.476 e. The van der Waals surface area contributed by atoms with Crippen molar-refractivity contribution in [2.24, 2.45) is 10.2 Å². The van der Waals surface area contributed by atoms with Crippen molar-refractivity contribution >= 4 is 52.1 Å². The van der Waals surface area contributed by atoms with Gasteiger partial charge in [-0.2, -0.15) is 9.78 Å². The first-order valence-corrected chi connectivity index (χ1v) is 9.06. The Bertz CT molecular complexity index is 957. The molecule has 0 unspecified atom stereocenters. The fraction of sp³-hybridized carbons (Fsp3) is 0.111. The molecule has 3 aromatic rings. The lowest BCUT2D eigenvalue weighted by Gasteiger charge is -2.05. The van der Waals surface area contributed by atoms with E-state index < -0.39 is 0 Å². The molecule has 0 radical (unpaired) electrons. The van der Waals surface area contributed by atoms with Crippen molar-refractivity contribution in [1.29, 1.82) is 0 Å². The monoisotopic (exact) mass is 402 g/mol. The first-order chi connectivity index (χ1) is 12.6. The Morgan fingerprint density at radius 3 is 2.50 bits per heavy atom. The number of ether oxygens (including phenoxy) is 1. The van der Waals surface area contributed by atoms with Crippen molar-refractivity contribution in [3.8, 4) is 17.1 Å². The van der Waals surface area contributed by atoms with Crippen LogP contribution in [0.1, 0.15) is 6.92 Å². The summed E-state index contributed by atoms with van der Waals surface area (Å²) in [5, 5.41) is 13.7. The molecule has 0 aliphatic rings. The molecule has 0 spiro atoms. The van der Waals surface area contributed by atoms with Gasteiger partial charge in [-0.3, -0.25) is 0 Å². The van der Waals surface area contributed by atoms with Crippen molar-refractivity contribution in [2.75, 3.05) is 6.61 Å². The van der Waals surface area contributed by atoms with Crippen LogP contribution in [0.3, 0.4) is 0 Å². The predicted octanol–water partition coefficient (Wildman–Crippen LogP) is 6.08. The van der Waals surface area contributed by atoms with E-state index in [0.29, 0.717) is 34.6 Å². The first-order valence-electron chi connectivity index (χ1n) is 7.82. The van der Waals surface area contributed by atoms with Gasteiger partial charge >= 0.3 is 0 Å². The number of hydrogen-bond acceptors (Lipinski definition) is 5. The largest absolute Gasteiger partial charge is 0.476 e. The summed E-state index contributed by atoms with van der Waals surface area (Å²) in [7, 11) is 0. The fourth-order valence-electron chi connectivity index (χ4n) is 2.31. The van der Waals surface area contributed by atoms with Crippen LogP contribution in [0, 0.1) is 0 Å². The van der Waals surface area contributed by atoms with Gasteiger partial charge in [-0.15, -0.1) is 22.9 Å². The number of benzene rings is 2. The summed E-state index contributed by atoms with van der Waals surface area (Å²) in [4.78, 5) is 0. The maximum atomic E-state index is 6.17. The van der Waals surface area contributed by atoms with E-state index in [1.807, 2.05) is 49.4 Å². The highest BCUT2D eigenvalue weighted by Gasteiger charge is 2.22. The van der Waals surface area contributed by atoms with E-state index in [9.17, 15) is 0 Å². The van der Waals surface area contributed by atoms with Crippen LogP contribution in [0.5, 0.6) is 5.88 Å². The molecule has 8 heteroatoms. The third-order valence-electron chi connectivity index (χ3n) is 3.44. The van der Waals surface area contributed by atoms with Crippen molar-refractivity contribution < 1.29 is 4.74 Å². The zero-order valence-corrected chi connectivity index (χ0v) is 16.3. The fourth-order valence-corrected chi connectivity index (χ4v) is 2.74. The molecule has 0 aliphatic heterocycles. The van der Waals surface area contributed by atoms with Crippen molar-refractivity contribution in [3.63, 3.8) is 0 Å². The highest BCUT2D eigenvalue weighted by molar-refractivity contribution is 8.11. The van der Waals surface area contributed by atoms with Gasteiger partial charge in [-0.25, -0.2) is 0 Å². The topological polar surface area (TPSA) is 51.8 Å². The Morgan fingerprint density at radius 1 is 1.15 bits per heavy atom. The molecule has 5 nitrogen and oxygen atoms in total. The summed E-state index contributed by atoms with van der Waals surface area (Å²) in [6, 6.07) is 16.8. The van der Waals surface area contributed by atoms with Gasteiger partial charge in [0.05, 0.1) is 11.6 Å². The van der Waals surface area contributed by atoms with Crippen LogP contribution in [-0.2, 0) is 0 Å². The zero-order valence-electron chi connectivity index (χ0n) is 13.8. The van der Waals surface area contributed by atoms with Crippen LogP contribution in [0.25, 0.3) is 11.3 Å². The van der Waals surface area contributed by atoms with Gasteiger partial charge in [0.2, 0.25) is 5.88 Å². The van der Waals surface area contributed by atoms with Crippen LogP contribution in [-0.4, -0.2) is 20.7 Å². The van der Waals surface area contributed by atoms with E-state index in [1.54, 1.807) is 12.1 Å². The molecule has 0 fully saturated rings. The smallest absolute Gasteiger partial charge is 0.247 e. The summed E-state index contributed by atoms with van der Waals surface area (Å²) in [6.45, 7) is 2.29. The second-order valence-electron chi connectivity index (χ2n) is 5.15. The molecule has 2 aromatic carbocycles. The molecule has 132 valence electrons. The predicted molar refractivity (Wildman–Crippen MR) is 111 cm³/mol. The van der Waals surface area contributed by atoms with Crippen LogP contribution in [0.2, 0.25) is 5.02 Å². The molecule has 0 saturated carbocycles. The lowest BCUT2D eigenvalue weighted by molar-refractivity contribution is 0.321. The highest BCUT2D eigenvalue weighted by atomic mass is 35.5. The molecule has 0 saturated heterocycles. The lowest BCUT2D eigenvalue weighted by Crippen LogP contribution is -2.07. The summed E-state index contributed by atoms with van der Waals surface area (Å²) < 4.78 is 7.42. The first kappa shape index (κ1) is 18.6. The van der Waals surface area contributed by atoms with Gasteiger partial charge in [0.15, 0.2) is 10.0 Å². The Kier molecular flexibility index (Phi) is 6.03. The van der Waals surface area contributed by atoms with Gasteiger partial charge in [-0.1, -0.05) is 66.3 Å². The van der Waals surface area contributed by atoms with E-state index >= 15 is 0 Å². The molecule has 0 amide bonds. The zero-order chi connectivity index (χ0) is 18.5. The Balaban J connectivity index is 2.17. The highest BCUT2D eigenvalue weighted by Crippen LogP contribution is 2.40. The van der Waals surface area contributed by atoms with Gasteiger partial charge < -0.3 is 4.74 Å². The van der Waals surface area contributed by atoms with E-state index in [-0.39, 0.29) is 4.32 Å². The number of rotatable bonds is 5. The van der Waals surface area contributed by atoms with Gasteiger partial charge in [0, 0.05) is 5.56 Å². The lowest BCUT2D eigenvalue weighted by atomic mass is 10.1. The number of hydrogen-bond donors (Lipinski definition) is 1. The quantitative estimate of drug-likeness (QED) is 0.319. The van der Waals surface area contributed by atoms with E-state index in [1.165, 1.54) is 4.68 Å². The normalized spacial score (nSPS) is 11.0. The van der Waals surface area contributed by atoms with Crippen LogP contribution in [0.4, 0.5) is 11.4 Å². The maximum Gasteiger partial charge on any atom is 0.247 e. The number of nitrogens with zero attached hydrogens (tertiary/aromatic N) is 4. The van der Waals surface area contributed by atoms with Crippen LogP contribution < -0.4 is 4.74 Å². The molecule has 0 aliphatic carbocycles. The van der Waals surface area contributed by atoms with Crippen molar-refractivity contribution in [2.45, 2.75) is 6.92 Å². The SMILES string of the molecule is CCOc1c(N=Nc2ccccc2Cl)c(-c2ccccc2)nn1C(=S)S. The van der Waals surface area contributed by atoms with Crippen LogP contribution in [0.15, 0.2) is 64.8 Å². The Hall–Kier alpha value is -2.22. The number of halogens is 1. The average Bonchev–Trinajstić information content (AvgIpc) is 3.01. The average molecular weight is 403 g/mol. The van der Waals surface area contributed by atoms with Crippen molar-refractivity contribution in [1.82, 2.24) is 9.78 Å². The summed E-state index contributed by atoms with van der Waals surface area (Å²) in [5.74, 6) is 0.391. The third-order valence-corrected chi connectivity index (χ3v) is 4.12.